The molecule has 0 aromatic heterocycles. The average Bonchev–Trinajstić information content (AvgIpc) is 2.12. The van der Waals surface area contributed by atoms with Gasteiger partial charge in [0, 0.05) is 6.61 Å². The molecular weight excluding hydrogens is 176 g/mol. The lowest BCUT2D eigenvalue weighted by Gasteiger charge is -2.34. The van der Waals surface area contributed by atoms with E-state index in [9.17, 15) is 5.11 Å². The Bertz CT molecular complexity index is 148. The van der Waals surface area contributed by atoms with E-state index < -0.39 is 0 Å². The molecule has 0 saturated heterocycles. The van der Waals surface area contributed by atoms with Crippen molar-refractivity contribution >= 4 is 0 Å². The van der Waals surface area contributed by atoms with Gasteiger partial charge >= 0.3 is 0 Å². The van der Waals surface area contributed by atoms with Crippen LogP contribution >= 0.6 is 0 Å². The average molecular weight is 200 g/mol. The van der Waals surface area contributed by atoms with Crippen LogP contribution in [0.4, 0.5) is 0 Å². The van der Waals surface area contributed by atoms with Crippen LogP contribution < -0.4 is 0 Å². The summed E-state index contributed by atoms with van der Waals surface area (Å²) < 4.78 is 0. The lowest BCUT2D eigenvalue weighted by atomic mass is 9.74. The van der Waals surface area contributed by atoms with Gasteiger partial charge in [-0.3, -0.25) is 0 Å². The van der Waals surface area contributed by atoms with Crippen molar-refractivity contribution in [1.29, 1.82) is 0 Å². The summed E-state index contributed by atoms with van der Waals surface area (Å²) in [6, 6.07) is 0. The Morgan fingerprint density at radius 2 is 1.71 bits per heavy atom. The molecule has 0 spiro atoms. The van der Waals surface area contributed by atoms with Crippen molar-refractivity contribution in [3.05, 3.63) is 0 Å². The second kappa shape index (κ2) is 5.72. The fourth-order valence-corrected chi connectivity index (χ4v) is 2.86. The smallest absolute Gasteiger partial charge is 0.0569 e. The molecule has 3 atom stereocenters. The minimum atomic E-state index is -0.188. The molecule has 3 unspecified atom stereocenters. The second-order valence-electron chi connectivity index (χ2n) is 5.11. The third-order valence-electron chi connectivity index (χ3n) is 3.42. The lowest BCUT2D eigenvalue weighted by Crippen LogP contribution is -2.29. The Morgan fingerprint density at radius 3 is 2.21 bits per heavy atom. The lowest BCUT2D eigenvalue weighted by molar-refractivity contribution is 0.0449. The van der Waals surface area contributed by atoms with Gasteiger partial charge in [0.25, 0.3) is 0 Å². The van der Waals surface area contributed by atoms with Crippen LogP contribution in [-0.4, -0.2) is 22.9 Å². The summed E-state index contributed by atoms with van der Waals surface area (Å²) in [6.45, 7) is 4.76. The van der Waals surface area contributed by atoms with Gasteiger partial charge in [-0.1, -0.05) is 13.8 Å². The molecule has 2 N–H and O–H groups in total. The molecule has 1 rings (SSSR count). The van der Waals surface area contributed by atoms with Gasteiger partial charge < -0.3 is 10.2 Å². The van der Waals surface area contributed by atoms with Gasteiger partial charge in [-0.2, -0.15) is 0 Å². The van der Waals surface area contributed by atoms with Crippen LogP contribution in [0.25, 0.3) is 0 Å². The van der Waals surface area contributed by atoms with Crippen molar-refractivity contribution in [3.8, 4) is 0 Å². The Labute approximate surface area is 87.3 Å². The summed E-state index contributed by atoms with van der Waals surface area (Å²) >= 11 is 0. The Balaban J connectivity index is 2.34. The van der Waals surface area contributed by atoms with Crippen molar-refractivity contribution < 1.29 is 10.2 Å². The predicted octanol–water partition coefficient (Wildman–Crippen LogP) is 2.19. The molecule has 0 aromatic rings. The number of hydrogen-bond acceptors (Lipinski definition) is 2. The molecule has 0 heterocycles. The van der Waals surface area contributed by atoms with E-state index in [0.717, 1.165) is 37.5 Å². The highest BCUT2D eigenvalue weighted by Gasteiger charge is 2.28. The third-order valence-corrected chi connectivity index (χ3v) is 3.42. The summed E-state index contributed by atoms with van der Waals surface area (Å²) in [5, 5.41) is 18.6. The largest absolute Gasteiger partial charge is 0.396 e. The summed E-state index contributed by atoms with van der Waals surface area (Å²) in [5.74, 6) is 1.99. The molecule has 14 heavy (non-hydrogen) atoms. The number of aliphatic hydroxyl groups is 2. The van der Waals surface area contributed by atoms with Crippen LogP contribution in [0.3, 0.4) is 0 Å². The van der Waals surface area contributed by atoms with Crippen LogP contribution in [0.2, 0.25) is 0 Å². The zero-order chi connectivity index (χ0) is 10.6. The maximum absolute atomic E-state index is 9.93. The maximum atomic E-state index is 9.93. The van der Waals surface area contributed by atoms with E-state index >= 15 is 0 Å². The zero-order valence-corrected chi connectivity index (χ0v) is 9.45. The first-order valence-corrected chi connectivity index (χ1v) is 5.92. The molecule has 0 bridgehead atoms. The summed E-state index contributed by atoms with van der Waals surface area (Å²) in [6.07, 6.45) is 4.95. The number of rotatable bonds is 4. The van der Waals surface area contributed by atoms with Gasteiger partial charge in [0.1, 0.15) is 0 Å². The highest BCUT2D eigenvalue weighted by molar-refractivity contribution is 4.79. The van der Waals surface area contributed by atoms with Crippen molar-refractivity contribution in [2.75, 3.05) is 6.61 Å². The third kappa shape index (κ3) is 3.58. The van der Waals surface area contributed by atoms with E-state index in [-0.39, 0.29) is 12.7 Å². The molecule has 2 heteroatoms. The molecule has 1 aliphatic rings. The zero-order valence-electron chi connectivity index (χ0n) is 9.45. The maximum Gasteiger partial charge on any atom is 0.0569 e. The first-order chi connectivity index (χ1) is 6.63. The van der Waals surface area contributed by atoms with Crippen LogP contribution in [0.1, 0.15) is 46.0 Å². The quantitative estimate of drug-likeness (QED) is 0.730. The van der Waals surface area contributed by atoms with E-state index in [1.54, 1.807) is 0 Å². The summed E-state index contributed by atoms with van der Waals surface area (Å²) in [7, 11) is 0. The van der Waals surface area contributed by atoms with Gasteiger partial charge in [0.2, 0.25) is 0 Å². The first kappa shape index (κ1) is 12.0. The van der Waals surface area contributed by atoms with Crippen molar-refractivity contribution in [2.45, 2.75) is 52.1 Å². The first-order valence-electron chi connectivity index (χ1n) is 5.92. The topological polar surface area (TPSA) is 40.5 Å². The van der Waals surface area contributed by atoms with Gasteiger partial charge in [-0.15, -0.1) is 0 Å². The van der Waals surface area contributed by atoms with Gasteiger partial charge in [0.15, 0.2) is 0 Å². The fraction of sp³-hybridized carbons (Fsp3) is 1.00. The number of hydrogen-bond donors (Lipinski definition) is 2. The molecule has 0 aromatic carbocycles. The van der Waals surface area contributed by atoms with Crippen molar-refractivity contribution in [1.82, 2.24) is 0 Å². The fourth-order valence-electron chi connectivity index (χ4n) is 2.86. The Kier molecular flexibility index (Phi) is 4.90. The molecule has 0 radical (unpaired) electrons. The second-order valence-corrected chi connectivity index (χ2v) is 5.11. The van der Waals surface area contributed by atoms with Gasteiger partial charge in [-0.25, -0.2) is 0 Å². The van der Waals surface area contributed by atoms with Crippen molar-refractivity contribution in [3.63, 3.8) is 0 Å². The molecular formula is C12H24O2. The van der Waals surface area contributed by atoms with Gasteiger partial charge in [0.05, 0.1) is 6.10 Å². The standard InChI is InChI=1S/C12H24O2/c1-9-6-10(2)8-11(7-9)12(14)4-3-5-13/h9-14H,3-8H2,1-2H3. The van der Waals surface area contributed by atoms with E-state index in [4.69, 9.17) is 5.11 Å². The Morgan fingerprint density at radius 1 is 1.14 bits per heavy atom. The normalized spacial score (nSPS) is 35.6. The predicted molar refractivity (Wildman–Crippen MR) is 58.0 cm³/mol. The van der Waals surface area contributed by atoms with Crippen LogP contribution in [0.5, 0.6) is 0 Å². The SMILES string of the molecule is CC1CC(C)CC(C(O)CCCO)C1. The van der Waals surface area contributed by atoms with Crippen LogP contribution in [-0.2, 0) is 0 Å². The molecule has 0 aliphatic heterocycles. The summed E-state index contributed by atoms with van der Waals surface area (Å²) in [5.41, 5.74) is 0. The van der Waals surface area contributed by atoms with E-state index in [0.29, 0.717) is 5.92 Å². The molecule has 1 saturated carbocycles. The van der Waals surface area contributed by atoms with E-state index in [1.807, 2.05) is 0 Å². The molecule has 0 amide bonds. The van der Waals surface area contributed by atoms with Crippen LogP contribution in [0.15, 0.2) is 0 Å². The van der Waals surface area contributed by atoms with Gasteiger partial charge in [-0.05, 0) is 49.9 Å². The minimum Gasteiger partial charge on any atom is -0.396 e. The molecule has 84 valence electrons. The van der Waals surface area contributed by atoms with Crippen molar-refractivity contribution in [2.24, 2.45) is 17.8 Å². The van der Waals surface area contributed by atoms with Crippen LogP contribution in [0, 0.1) is 17.8 Å². The molecule has 2 nitrogen and oxygen atoms in total. The number of aliphatic hydroxyl groups excluding tert-OH is 2. The molecule has 1 aliphatic carbocycles. The monoisotopic (exact) mass is 200 g/mol. The Hall–Kier alpha value is -0.0800. The molecule has 1 fully saturated rings. The minimum absolute atomic E-state index is 0.188. The highest BCUT2D eigenvalue weighted by Crippen LogP contribution is 2.35. The summed E-state index contributed by atoms with van der Waals surface area (Å²) in [4.78, 5) is 0. The van der Waals surface area contributed by atoms with E-state index in [1.165, 1.54) is 6.42 Å². The highest BCUT2D eigenvalue weighted by atomic mass is 16.3. The van der Waals surface area contributed by atoms with E-state index in [2.05, 4.69) is 13.8 Å².